The molecule has 1 saturated heterocycles. The van der Waals surface area contributed by atoms with Gasteiger partial charge in [-0.3, -0.25) is 9.69 Å². The first-order valence-electron chi connectivity index (χ1n) is 9.68. The molecule has 2 aromatic rings. The molecule has 1 fully saturated rings. The highest BCUT2D eigenvalue weighted by Gasteiger charge is 2.22. The van der Waals surface area contributed by atoms with Crippen molar-refractivity contribution in [3.8, 4) is 0 Å². The van der Waals surface area contributed by atoms with E-state index < -0.39 is 0 Å². The average Bonchev–Trinajstić information content (AvgIpc) is 2.67. The molecule has 0 aliphatic carbocycles. The molecule has 0 radical (unpaired) electrons. The molecule has 1 amide bonds. The number of amides is 1. The van der Waals surface area contributed by atoms with Gasteiger partial charge in [-0.1, -0.05) is 55.8 Å². The maximum Gasteiger partial charge on any atom is 0.251 e. The molecule has 2 aromatic carbocycles. The van der Waals surface area contributed by atoms with Gasteiger partial charge in [-0.2, -0.15) is 0 Å². The van der Waals surface area contributed by atoms with Gasteiger partial charge < -0.3 is 10.1 Å². The standard InChI is InChI=1S/C23H30N2O2/c1-18-6-4-9-21(14-18)23(2,3)17-24-22(26)20-8-5-7-19(15-20)16-25-10-12-27-13-11-25/h4-9,14-15H,10-13,16-17H2,1-3H3,(H,24,26). The molecule has 1 heterocycles. The average molecular weight is 367 g/mol. The molecular weight excluding hydrogens is 336 g/mol. The van der Waals surface area contributed by atoms with Crippen molar-refractivity contribution in [1.29, 1.82) is 0 Å². The third kappa shape index (κ3) is 5.41. The topological polar surface area (TPSA) is 41.6 Å². The summed E-state index contributed by atoms with van der Waals surface area (Å²) in [5.41, 5.74) is 4.25. The van der Waals surface area contributed by atoms with Crippen LogP contribution in [0.25, 0.3) is 0 Å². The van der Waals surface area contributed by atoms with E-state index in [-0.39, 0.29) is 11.3 Å². The zero-order chi connectivity index (χ0) is 19.3. The van der Waals surface area contributed by atoms with Crippen LogP contribution in [-0.4, -0.2) is 43.7 Å². The van der Waals surface area contributed by atoms with Crippen molar-refractivity contribution in [1.82, 2.24) is 10.2 Å². The molecule has 3 rings (SSSR count). The Morgan fingerprint density at radius 3 is 2.59 bits per heavy atom. The number of nitrogens with zero attached hydrogens (tertiary/aromatic N) is 1. The summed E-state index contributed by atoms with van der Waals surface area (Å²) in [5.74, 6) is -0.0143. The molecule has 0 unspecified atom stereocenters. The van der Waals surface area contributed by atoms with Gasteiger partial charge in [0.25, 0.3) is 5.91 Å². The Hall–Kier alpha value is -2.17. The van der Waals surface area contributed by atoms with Gasteiger partial charge in [0, 0.05) is 37.2 Å². The Balaban J connectivity index is 1.61. The highest BCUT2D eigenvalue weighted by Crippen LogP contribution is 2.23. The lowest BCUT2D eigenvalue weighted by Crippen LogP contribution is -2.37. The van der Waals surface area contributed by atoms with E-state index in [1.807, 2.05) is 18.2 Å². The minimum atomic E-state index is -0.118. The lowest BCUT2D eigenvalue weighted by Gasteiger charge is -2.27. The molecule has 4 nitrogen and oxygen atoms in total. The van der Waals surface area contributed by atoms with E-state index >= 15 is 0 Å². The van der Waals surface area contributed by atoms with Crippen molar-refractivity contribution in [2.45, 2.75) is 32.7 Å². The fourth-order valence-corrected chi connectivity index (χ4v) is 3.40. The number of carbonyl (C=O) groups is 1. The van der Waals surface area contributed by atoms with E-state index in [2.05, 4.69) is 61.3 Å². The summed E-state index contributed by atoms with van der Waals surface area (Å²) >= 11 is 0. The van der Waals surface area contributed by atoms with Gasteiger partial charge in [-0.25, -0.2) is 0 Å². The van der Waals surface area contributed by atoms with Crippen LogP contribution in [-0.2, 0) is 16.7 Å². The van der Waals surface area contributed by atoms with Gasteiger partial charge >= 0.3 is 0 Å². The quantitative estimate of drug-likeness (QED) is 0.850. The van der Waals surface area contributed by atoms with E-state index in [4.69, 9.17) is 4.74 Å². The largest absolute Gasteiger partial charge is 0.379 e. The monoisotopic (exact) mass is 366 g/mol. The van der Waals surface area contributed by atoms with Crippen molar-refractivity contribution in [3.63, 3.8) is 0 Å². The highest BCUT2D eigenvalue weighted by molar-refractivity contribution is 5.94. The van der Waals surface area contributed by atoms with E-state index in [0.717, 1.165) is 38.4 Å². The van der Waals surface area contributed by atoms with Gasteiger partial charge in [0.05, 0.1) is 13.2 Å². The summed E-state index contributed by atoms with van der Waals surface area (Å²) in [6.45, 7) is 11.3. The Kier molecular flexibility index (Phi) is 6.30. The molecule has 0 bridgehead atoms. The van der Waals surface area contributed by atoms with Gasteiger partial charge in [-0.15, -0.1) is 0 Å². The Labute approximate surface area is 162 Å². The zero-order valence-electron chi connectivity index (χ0n) is 16.6. The SMILES string of the molecule is Cc1cccc(C(C)(C)CNC(=O)c2cccc(CN3CCOCC3)c2)c1. The Morgan fingerprint density at radius 1 is 1.11 bits per heavy atom. The van der Waals surface area contributed by atoms with Crippen molar-refractivity contribution in [3.05, 3.63) is 70.8 Å². The summed E-state index contributed by atoms with van der Waals surface area (Å²) in [4.78, 5) is 15.1. The second kappa shape index (κ2) is 8.68. The van der Waals surface area contributed by atoms with Gasteiger partial charge in [0.1, 0.15) is 0 Å². The first kappa shape index (κ1) is 19.6. The molecule has 1 aliphatic heterocycles. The molecule has 0 atom stereocenters. The van der Waals surface area contributed by atoms with Gasteiger partial charge in [0.2, 0.25) is 0 Å². The number of rotatable bonds is 6. The van der Waals surface area contributed by atoms with E-state index in [9.17, 15) is 4.79 Å². The summed E-state index contributed by atoms with van der Waals surface area (Å²) in [7, 11) is 0. The highest BCUT2D eigenvalue weighted by atomic mass is 16.5. The number of morpholine rings is 1. The van der Waals surface area contributed by atoms with Crippen LogP contribution in [0.3, 0.4) is 0 Å². The third-order valence-corrected chi connectivity index (χ3v) is 5.19. The molecule has 27 heavy (non-hydrogen) atoms. The predicted octanol–water partition coefficient (Wildman–Crippen LogP) is 3.53. The third-order valence-electron chi connectivity index (χ3n) is 5.19. The van der Waals surface area contributed by atoms with Crippen LogP contribution in [0, 0.1) is 6.92 Å². The van der Waals surface area contributed by atoms with Crippen LogP contribution in [0.5, 0.6) is 0 Å². The summed E-state index contributed by atoms with van der Waals surface area (Å²) in [6, 6.07) is 16.4. The number of carbonyl (C=O) groups excluding carboxylic acids is 1. The van der Waals surface area contributed by atoms with Crippen LogP contribution in [0.4, 0.5) is 0 Å². The second-order valence-electron chi connectivity index (χ2n) is 8.02. The van der Waals surface area contributed by atoms with E-state index in [1.54, 1.807) is 0 Å². The predicted molar refractivity (Wildman–Crippen MR) is 109 cm³/mol. The van der Waals surface area contributed by atoms with E-state index in [1.165, 1.54) is 16.7 Å². The number of hydrogen-bond donors (Lipinski definition) is 1. The summed E-state index contributed by atoms with van der Waals surface area (Å²) < 4.78 is 5.40. The van der Waals surface area contributed by atoms with E-state index in [0.29, 0.717) is 6.54 Å². The first-order valence-corrected chi connectivity index (χ1v) is 9.68. The van der Waals surface area contributed by atoms with Gasteiger partial charge in [0.15, 0.2) is 0 Å². The molecule has 4 heteroatoms. The fraction of sp³-hybridized carbons (Fsp3) is 0.435. The summed E-state index contributed by atoms with van der Waals surface area (Å²) in [6.07, 6.45) is 0. The van der Waals surface area contributed by atoms with Crippen molar-refractivity contribution in [2.24, 2.45) is 0 Å². The summed E-state index contributed by atoms with van der Waals surface area (Å²) in [5, 5.41) is 3.12. The molecule has 144 valence electrons. The molecule has 0 saturated carbocycles. The maximum absolute atomic E-state index is 12.7. The lowest BCUT2D eigenvalue weighted by atomic mass is 9.84. The Bertz CT molecular complexity index is 779. The molecule has 1 aliphatic rings. The van der Waals surface area contributed by atoms with Crippen molar-refractivity contribution < 1.29 is 9.53 Å². The molecule has 0 aromatic heterocycles. The number of aryl methyl sites for hydroxylation is 1. The lowest BCUT2D eigenvalue weighted by molar-refractivity contribution is 0.0342. The van der Waals surface area contributed by atoms with Crippen molar-refractivity contribution >= 4 is 5.91 Å². The second-order valence-corrected chi connectivity index (χ2v) is 8.02. The number of benzene rings is 2. The number of nitrogens with one attached hydrogen (secondary N) is 1. The first-order chi connectivity index (χ1) is 12.9. The van der Waals surface area contributed by atoms with Crippen LogP contribution in [0.15, 0.2) is 48.5 Å². The van der Waals surface area contributed by atoms with Crippen LogP contribution in [0.2, 0.25) is 0 Å². The Morgan fingerprint density at radius 2 is 1.85 bits per heavy atom. The number of ether oxygens (including phenoxy) is 1. The van der Waals surface area contributed by atoms with Crippen molar-refractivity contribution in [2.75, 3.05) is 32.8 Å². The molecular formula is C23H30N2O2. The van der Waals surface area contributed by atoms with Crippen LogP contribution >= 0.6 is 0 Å². The molecule has 0 spiro atoms. The van der Waals surface area contributed by atoms with Gasteiger partial charge in [-0.05, 0) is 30.2 Å². The molecule has 1 N–H and O–H groups in total. The smallest absolute Gasteiger partial charge is 0.251 e. The maximum atomic E-state index is 12.7. The minimum Gasteiger partial charge on any atom is -0.379 e. The van der Waals surface area contributed by atoms with Crippen LogP contribution in [0.1, 0.15) is 40.9 Å². The van der Waals surface area contributed by atoms with Crippen LogP contribution < -0.4 is 5.32 Å². The normalized spacial score (nSPS) is 15.5. The number of hydrogen-bond acceptors (Lipinski definition) is 3. The fourth-order valence-electron chi connectivity index (χ4n) is 3.40. The minimum absolute atomic E-state index is 0.0143. The zero-order valence-corrected chi connectivity index (χ0v) is 16.6.